The maximum Gasteiger partial charge on any atom is 0.260 e. The van der Waals surface area contributed by atoms with E-state index in [0.717, 1.165) is 26.2 Å². The molecule has 1 aromatic carbocycles. The van der Waals surface area contributed by atoms with Crippen LogP contribution < -0.4 is 10.5 Å². The number of piperazine rings is 1. The number of H-pyrrole nitrogens is 1. The Morgan fingerprint density at radius 3 is 2.74 bits per heavy atom. The molecule has 2 aromatic rings. The van der Waals surface area contributed by atoms with Crippen LogP contribution in [0, 0.1) is 0 Å². The second kappa shape index (κ2) is 4.83. The lowest BCUT2D eigenvalue weighted by Gasteiger charge is -2.32. The number of rotatable bonds is 1. The fourth-order valence-electron chi connectivity index (χ4n) is 2.27. The van der Waals surface area contributed by atoms with Gasteiger partial charge in [-0.3, -0.25) is 9.78 Å². The van der Waals surface area contributed by atoms with Gasteiger partial charge >= 0.3 is 0 Å². The smallest absolute Gasteiger partial charge is 0.260 e. The number of likely N-dealkylation sites (N-methyl/N-ethyl adjacent to an activating group) is 1. The molecule has 100 valence electrons. The van der Waals surface area contributed by atoms with Crippen LogP contribution in [-0.4, -0.2) is 48.1 Å². The summed E-state index contributed by atoms with van der Waals surface area (Å²) in [4.78, 5) is 23.8. The Kier molecular flexibility index (Phi) is 3.16. The van der Waals surface area contributed by atoms with E-state index in [1.165, 1.54) is 0 Å². The highest BCUT2D eigenvalue weighted by molar-refractivity contribution is 6.31. The Balaban J connectivity index is 2.03. The van der Waals surface area contributed by atoms with Crippen LogP contribution in [0.25, 0.3) is 10.9 Å². The fraction of sp³-hybridized carbons (Fsp3) is 0.385. The van der Waals surface area contributed by atoms with Crippen molar-refractivity contribution in [3.05, 3.63) is 33.6 Å². The van der Waals surface area contributed by atoms with Crippen LogP contribution in [0.15, 0.2) is 23.0 Å². The molecule has 1 N–H and O–H groups in total. The van der Waals surface area contributed by atoms with E-state index < -0.39 is 0 Å². The number of hydrogen-bond acceptors (Lipinski definition) is 4. The first-order valence-electron chi connectivity index (χ1n) is 6.26. The van der Waals surface area contributed by atoms with Crippen molar-refractivity contribution in [3.8, 4) is 0 Å². The van der Waals surface area contributed by atoms with Gasteiger partial charge in [0.05, 0.1) is 10.9 Å². The fourth-order valence-corrected chi connectivity index (χ4v) is 2.43. The molecule has 0 spiro atoms. The lowest BCUT2D eigenvalue weighted by Crippen LogP contribution is -2.45. The Labute approximate surface area is 115 Å². The van der Waals surface area contributed by atoms with Gasteiger partial charge in [-0.1, -0.05) is 11.6 Å². The predicted octanol–water partition coefficient (Wildman–Crippen LogP) is 1.33. The number of aromatic nitrogens is 2. The number of anilines is 1. The van der Waals surface area contributed by atoms with Crippen LogP contribution in [0.5, 0.6) is 0 Å². The Morgan fingerprint density at radius 1 is 1.26 bits per heavy atom. The quantitative estimate of drug-likeness (QED) is 0.855. The van der Waals surface area contributed by atoms with Crippen LogP contribution in [0.2, 0.25) is 5.02 Å². The minimum absolute atomic E-state index is 0.115. The molecule has 1 aliphatic heterocycles. The summed E-state index contributed by atoms with van der Waals surface area (Å²) >= 11 is 5.96. The molecule has 6 heteroatoms. The van der Waals surface area contributed by atoms with E-state index in [0.29, 0.717) is 21.9 Å². The standard InChI is InChI=1S/C13H15ClN4O/c1-17-4-6-18(7-5-17)13-15-11-8-9(14)2-3-10(11)12(19)16-13/h2-3,8H,4-7H2,1H3,(H,15,16,19). The SMILES string of the molecule is CN1CCN(c2nc3cc(Cl)ccc3c(=O)[nH]2)CC1. The molecule has 1 aliphatic rings. The number of halogens is 1. The van der Waals surface area contributed by atoms with Gasteiger partial charge in [0.2, 0.25) is 5.95 Å². The van der Waals surface area contributed by atoms with Gasteiger partial charge in [0.25, 0.3) is 5.56 Å². The average Bonchev–Trinajstić information content (AvgIpc) is 2.38. The van der Waals surface area contributed by atoms with E-state index in [9.17, 15) is 4.79 Å². The van der Waals surface area contributed by atoms with Crippen molar-refractivity contribution in [2.45, 2.75) is 0 Å². The molecule has 3 rings (SSSR count). The molecule has 0 amide bonds. The number of nitrogens with zero attached hydrogens (tertiary/aromatic N) is 3. The van der Waals surface area contributed by atoms with Crippen molar-refractivity contribution in [2.24, 2.45) is 0 Å². The van der Waals surface area contributed by atoms with E-state index in [1.54, 1.807) is 18.2 Å². The van der Waals surface area contributed by atoms with Crippen molar-refractivity contribution in [1.29, 1.82) is 0 Å². The van der Waals surface area contributed by atoms with Crippen LogP contribution in [0.4, 0.5) is 5.95 Å². The first kappa shape index (κ1) is 12.4. The first-order chi connectivity index (χ1) is 9.13. The molecular weight excluding hydrogens is 264 g/mol. The van der Waals surface area contributed by atoms with Gasteiger partial charge in [-0.15, -0.1) is 0 Å². The molecule has 2 heterocycles. The molecule has 1 aromatic heterocycles. The zero-order valence-corrected chi connectivity index (χ0v) is 11.4. The van der Waals surface area contributed by atoms with Gasteiger partial charge in [-0.25, -0.2) is 4.98 Å². The molecule has 0 saturated carbocycles. The third-order valence-corrected chi connectivity index (χ3v) is 3.69. The van der Waals surface area contributed by atoms with Crippen molar-refractivity contribution >= 4 is 28.5 Å². The molecule has 0 radical (unpaired) electrons. The van der Waals surface area contributed by atoms with Gasteiger partial charge in [-0.2, -0.15) is 0 Å². The Bertz CT molecular complexity index is 661. The van der Waals surface area contributed by atoms with E-state index in [-0.39, 0.29) is 5.56 Å². The minimum atomic E-state index is -0.115. The van der Waals surface area contributed by atoms with Crippen LogP contribution in [0.3, 0.4) is 0 Å². The second-order valence-electron chi connectivity index (χ2n) is 4.84. The van der Waals surface area contributed by atoms with Crippen molar-refractivity contribution < 1.29 is 0 Å². The summed E-state index contributed by atoms with van der Waals surface area (Å²) in [5, 5.41) is 1.16. The lowest BCUT2D eigenvalue weighted by atomic mass is 10.2. The van der Waals surface area contributed by atoms with Crippen LogP contribution >= 0.6 is 11.6 Å². The highest BCUT2D eigenvalue weighted by atomic mass is 35.5. The van der Waals surface area contributed by atoms with Crippen molar-refractivity contribution in [3.63, 3.8) is 0 Å². The van der Waals surface area contributed by atoms with E-state index >= 15 is 0 Å². The second-order valence-corrected chi connectivity index (χ2v) is 5.28. The largest absolute Gasteiger partial charge is 0.340 e. The molecule has 5 nitrogen and oxygen atoms in total. The van der Waals surface area contributed by atoms with Crippen LogP contribution in [0.1, 0.15) is 0 Å². The Hall–Kier alpha value is -1.59. The molecule has 0 bridgehead atoms. The van der Waals surface area contributed by atoms with Gasteiger partial charge < -0.3 is 9.80 Å². The molecule has 1 saturated heterocycles. The molecular formula is C13H15ClN4O. The number of nitrogens with one attached hydrogen (secondary N) is 1. The summed E-state index contributed by atoms with van der Waals surface area (Å²) in [7, 11) is 2.09. The Morgan fingerprint density at radius 2 is 2.00 bits per heavy atom. The average molecular weight is 279 g/mol. The summed E-state index contributed by atoms with van der Waals surface area (Å²) in [6.45, 7) is 3.67. The van der Waals surface area contributed by atoms with Crippen molar-refractivity contribution in [1.82, 2.24) is 14.9 Å². The third-order valence-electron chi connectivity index (χ3n) is 3.46. The minimum Gasteiger partial charge on any atom is -0.340 e. The number of benzene rings is 1. The molecule has 0 aliphatic carbocycles. The molecule has 1 fully saturated rings. The summed E-state index contributed by atoms with van der Waals surface area (Å²) in [6.07, 6.45) is 0. The van der Waals surface area contributed by atoms with E-state index in [1.807, 2.05) is 0 Å². The highest BCUT2D eigenvalue weighted by Crippen LogP contribution is 2.17. The van der Waals surface area contributed by atoms with E-state index in [4.69, 9.17) is 11.6 Å². The van der Waals surface area contributed by atoms with Gasteiger partial charge in [-0.05, 0) is 25.2 Å². The lowest BCUT2D eigenvalue weighted by molar-refractivity contribution is 0.311. The normalized spacial score (nSPS) is 17.1. The molecule has 0 unspecified atom stereocenters. The number of hydrogen-bond donors (Lipinski definition) is 1. The summed E-state index contributed by atoms with van der Waals surface area (Å²) < 4.78 is 0. The number of fused-ring (bicyclic) bond motifs is 1. The molecule has 0 atom stereocenters. The van der Waals surface area contributed by atoms with Crippen LogP contribution in [-0.2, 0) is 0 Å². The maximum atomic E-state index is 12.0. The van der Waals surface area contributed by atoms with Crippen molar-refractivity contribution in [2.75, 3.05) is 38.1 Å². The third kappa shape index (κ3) is 2.43. The zero-order chi connectivity index (χ0) is 13.4. The van der Waals surface area contributed by atoms with Gasteiger partial charge in [0.15, 0.2) is 0 Å². The van der Waals surface area contributed by atoms with Gasteiger partial charge in [0, 0.05) is 31.2 Å². The number of aromatic amines is 1. The highest BCUT2D eigenvalue weighted by Gasteiger charge is 2.17. The summed E-state index contributed by atoms with van der Waals surface area (Å²) in [5.41, 5.74) is 0.528. The predicted molar refractivity (Wildman–Crippen MR) is 77.1 cm³/mol. The summed E-state index contributed by atoms with van der Waals surface area (Å²) in [6, 6.07) is 5.14. The van der Waals surface area contributed by atoms with Gasteiger partial charge in [0.1, 0.15) is 0 Å². The topological polar surface area (TPSA) is 52.2 Å². The first-order valence-corrected chi connectivity index (χ1v) is 6.64. The molecule has 19 heavy (non-hydrogen) atoms. The monoisotopic (exact) mass is 278 g/mol. The maximum absolute atomic E-state index is 12.0. The van der Waals surface area contributed by atoms with E-state index in [2.05, 4.69) is 26.8 Å². The summed E-state index contributed by atoms with van der Waals surface area (Å²) in [5.74, 6) is 0.632. The zero-order valence-electron chi connectivity index (χ0n) is 10.7.